The van der Waals surface area contributed by atoms with E-state index in [-0.39, 0.29) is 0 Å². The number of nitrogens with zero attached hydrogens (tertiary/aromatic N) is 1. The van der Waals surface area contributed by atoms with E-state index in [1.165, 1.54) is 0 Å². The highest BCUT2D eigenvalue weighted by molar-refractivity contribution is 9.10. The molecule has 0 aliphatic heterocycles. The third-order valence-corrected chi connectivity index (χ3v) is 3.43. The molecule has 0 aliphatic rings. The summed E-state index contributed by atoms with van der Waals surface area (Å²) in [5.74, 6) is 0. The largest absolute Gasteiger partial charge is 0.355 e. The standard InChI is InChI=1S/C13H7BrCl2N2/c14-9-3-8(7-17)4-11(5-9)18-10-1-2-12(15)13(16)6-10/h1-6,18H. The van der Waals surface area contributed by atoms with Gasteiger partial charge < -0.3 is 5.32 Å². The second kappa shape index (κ2) is 5.62. The second-order valence-corrected chi connectivity index (χ2v) is 5.32. The fraction of sp³-hybridized carbons (Fsp3) is 0. The average molecular weight is 342 g/mol. The van der Waals surface area contributed by atoms with Crippen molar-refractivity contribution < 1.29 is 0 Å². The third kappa shape index (κ3) is 3.17. The molecular weight excluding hydrogens is 335 g/mol. The predicted octanol–water partition coefficient (Wildman–Crippen LogP) is 5.37. The summed E-state index contributed by atoms with van der Waals surface area (Å²) < 4.78 is 0.837. The Morgan fingerprint density at radius 2 is 1.78 bits per heavy atom. The van der Waals surface area contributed by atoms with Crippen molar-refractivity contribution in [2.45, 2.75) is 0 Å². The summed E-state index contributed by atoms with van der Waals surface area (Å²) in [6.07, 6.45) is 0. The Morgan fingerprint density at radius 1 is 1.00 bits per heavy atom. The first-order valence-electron chi connectivity index (χ1n) is 5.01. The van der Waals surface area contributed by atoms with Gasteiger partial charge in [0.25, 0.3) is 0 Å². The minimum Gasteiger partial charge on any atom is -0.355 e. The normalized spacial score (nSPS) is 9.89. The van der Waals surface area contributed by atoms with Crippen LogP contribution in [0, 0.1) is 11.3 Å². The SMILES string of the molecule is N#Cc1cc(Br)cc(Nc2ccc(Cl)c(Cl)c2)c1. The van der Waals surface area contributed by atoms with Crippen molar-refractivity contribution in [3.63, 3.8) is 0 Å². The van der Waals surface area contributed by atoms with E-state index in [0.717, 1.165) is 15.8 Å². The lowest BCUT2D eigenvalue weighted by Gasteiger charge is -2.08. The van der Waals surface area contributed by atoms with Crippen molar-refractivity contribution in [3.05, 3.63) is 56.5 Å². The molecule has 0 aliphatic carbocycles. The van der Waals surface area contributed by atoms with Gasteiger partial charge >= 0.3 is 0 Å². The smallest absolute Gasteiger partial charge is 0.0992 e. The van der Waals surface area contributed by atoms with Gasteiger partial charge in [0.2, 0.25) is 0 Å². The van der Waals surface area contributed by atoms with Crippen LogP contribution in [0.25, 0.3) is 0 Å². The summed E-state index contributed by atoms with van der Waals surface area (Å²) in [5.41, 5.74) is 2.19. The Balaban J connectivity index is 2.31. The lowest BCUT2D eigenvalue weighted by molar-refractivity contribution is 1.46. The fourth-order valence-electron chi connectivity index (χ4n) is 1.47. The first kappa shape index (κ1) is 13.2. The molecule has 2 rings (SSSR count). The van der Waals surface area contributed by atoms with Crippen molar-refractivity contribution in [1.82, 2.24) is 0 Å². The molecule has 2 nitrogen and oxygen atoms in total. The van der Waals surface area contributed by atoms with E-state index >= 15 is 0 Å². The van der Waals surface area contributed by atoms with E-state index in [2.05, 4.69) is 27.3 Å². The van der Waals surface area contributed by atoms with Crippen molar-refractivity contribution in [3.8, 4) is 6.07 Å². The molecule has 0 unspecified atom stereocenters. The van der Waals surface area contributed by atoms with Crippen LogP contribution in [0.4, 0.5) is 11.4 Å². The van der Waals surface area contributed by atoms with Crippen molar-refractivity contribution >= 4 is 50.5 Å². The maximum absolute atomic E-state index is 8.90. The molecular formula is C13H7BrCl2N2. The summed E-state index contributed by atoms with van der Waals surface area (Å²) in [7, 11) is 0. The molecule has 0 saturated heterocycles. The number of anilines is 2. The maximum Gasteiger partial charge on any atom is 0.0992 e. The Kier molecular flexibility index (Phi) is 4.13. The molecule has 0 saturated carbocycles. The van der Waals surface area contributed by atoms with Crippen LogP contribution in [-0.4, -0.2) is 0 Å². The average Bonchev–Trinajstić information content (AvgIpc) is 2.33. The molecule has 2 aromatic rings. The molecule has 0 bridgehead atoms. The first-order chi connectivity index (χ1) is 8.58. The molecule has 18 heavy (non-hydrogen) atoms. The number of benzene rings is 2. The molecule has 1 N–H and O–H groups in total. The third-order valence-electron chi connectivity index (χ3n) is 2.24. The van der Waals surface area contributed by atoms with Gasteiger partial charge in [0, 0.05) is 15.8 Å². The fourth-order valence-corrected chi connectivity index (χ4v) is 2.26. The van der Waals surface area contributed by atoms with E-state index in [9.17, 15) is 0 Å². The number of halogens is 3. The minimum atomic E-state index is 0.483. The molecule has 90 valence electrons. The van der Waals surface area contributed by atoms with E-state index in [0.29, 0.717) is 15.6 Å². The number of hydrogen-bond acceptors (Lipinski definition) is 2. The highest BCUT2D eigenvalue weighted by atomic mass is 79.9. The van der Waals surface area contributed by atoms with Gasteiger partial charge in [-0.05, 0) is 36.4 Å². The van der Waals surface area contributed by atoms with Crippen molar-refractivity contribution in [2.75, 3.05) is 5.32 Å². The van der Waals surface area contributed by atoms with Gasteiger partial charge in [-0.1, -0.05) is 39.1 Å². The molecule has 0 aromatic heterocycles. The summed E-state index contributed by atoms with van der Waals surface area (Å²) in [6, 6.07) is 12.8. The molecule has 0 amide bonds. The first-order valence-corrected chi connectivity index (χ1v) is 6.56. The molecule has 0 heterocycles. The molecule has 0 fully saturated rings. The Hall–Kier alpha value is -1.21. The van der Waals surface area contributed by atoms with Gasteiger partial charge in [0.05, 0.1) is 21.7 Å². The number of rotatable bonds is 2. The van der Waals surface area contributed by atoms with Gasteiger partial charge in [0.1, 0.15) is 0 Å². The number of nitriles is 1. The monoisotopic (exact) mass is 340 g/mol. The number of nitrogens with one attached hydrogen (secondary N) is 1. The van der Waals surface area contributed by atoms with Gasteiger partial charge in [-0.2, -0.15) is 5.26 Å². The highest BCUT2D eigenvalue weighted by Gasteiger charge is 2.02. The van der Waals surface area contributed by atoms with E-state index in [1.54, 1.807) is 24.3 Å². The topological polar surface area (TPSA) is 35.8 Å². The lowest BCUT2D eigenvalue weighted by atomic mass is 10.2. The predicted molar refractivity (Wildman–Crippen MR) is 78.6 cm³/mol. The second-order valence-electron chi connectivity index (χ2n) is 3.59. The van der Waals surface area contributed by atoms with Crippen LogP contribution in [0.2, 0.25) is 10.0 Å². The molecule has 0 atom stereocenters. The van der Waals surface area contributed by atoms with Crippen molar-refractivity contribution in [1.29, 1.82) is 5.26 Å². The minimum absolute atomic E-state index is 0.483. The highest BCUT2D eigenvalue weighted by Crippen LogP contribution is 2.28. The Morgan fingerprint density at radius 3 is 2.44 bits per heavy atom. The zero-order chi connectivity index (χ0) is 13.1. The lowest BCUT2D eigenvalue weighted by Crippen LogP contribution is -1.91. The van der Waals surface area contributed by atoms with Gasteiger partial charge in [-0.3, -0.25) is 0 Å². The van der Waals surface area contributed by atoms with Crippen LogP contribution < -0.4 is 5.32 Å². The molecule has 0 spiro atoms. The summed E-state index contributed by atoms with van der Waals surface area (Å²) >= 11 is 15.1. The molecule has 5 heteroatoms. The summed E-state index contributed by atoms with van der Waals surface area (Å²) in [4.78, 5) is 0. The van der Waals surface area contributed by atoms with Crippen LogP contribution in [-0.2, 0) is 0 Å². The molecule has 2 aromatic carbocycles. The zero-order valence-electron chi connectivity index (χ0n) is 9.05. The van der Waals surface area contributed by atoms with Gasteiger partial charge in [-0.25, -0.2) is 0 Å². The van der Waals surface area contributed by atoms with Gasteiger partial charge in [-0.15, -0.1) is 0 Å². The maximum atomic E-state index is 8.90. The summed E-state index contributed by atoms with van der Waals surface area (Å²) in [5, 5.41) is 13.1. The zero-order valence-corrected chi connectivity index (χ0v) is 12.1. The van der Waals surface area contributed by atoms with Crippen LogP contribution in [0.3, 0.4) is 0 Å². The van der Waals surface area contributed by atoms with E-state index < -0.39 is 0 Å². The number of hydrogen-bond donors (Lipinski definition) is 1. The Labute approximate surface area is 123 Å². The van der Waals surface area contributed by atoms with Crippen molar-refractivity contribution in [2.24, 2.45) is 0 Å². The van der Waals surface area contributed by atoms with Gasteiger partial charge in [0.15, 0.2) is 0 Å². The van der Waals surface area contributed by atoms with Crippen LogP contribution in [0.5, 0.6) is 0 Å². The van der Waals surface area contributed by atoms with Crippen LogP contribution in [0.1, 0.15) is 5.56 Å². The van der Waals surface area contributed by atoms with E-state index in [1.807, 2.05) is 12.1 Å². The van der Waals surface area contributed by atoms with Crippen LogP contribution >= 0.6 is 39.1 Å². The quantitative estimate of drug-likeness (QED) is 0.796. The van der Waals surface area contributed by atoms with Crippen LogP contribution in [0.15, 0.2) is 40.9 Å². The summed E-state index contributed by atoms with van der Waals surface area (Å²) in [6.45, 7) is 0. The Bertz CT molecular complexity index is 635. The van der Waals surface area contributed by atoms with E-state index in [4.69, 9.17) is 28.5 Å². The molecule has 0 radical (unpaired) electrons.